The second-order valence-electron chi connectivity index (χ2n) is 7.45. The molecule has 1 aliphatic heterocycles. The predicted molar refractivity (Wildman–Crippen MR) is 114 cm³/mol. The third kappa shape index (κ3) is 4.45. The van der Waals surface area contributed by atoms with Crippen molar-refractivity contribution in [3.05, 3.63) is 51.8 Å². The Morgan fingerprint density at radius 1 is 1.10 bits per heavy atom. The number of halogens is 1. The smallest absolute Gasteiger partial charge is 0.338 e. The lowest BCUT2D eigenvalue weighted by Gasteiger charge is -2.26. The quantitative estimate of drug-likeness (QED) is 0.494. The van der Waals surface area contributed by atoms with Gasteiger partial charge in [-0.25, -0.2) is 13.2 Å². The van der Waals surface area contributed by atoms with Crippen molar-refractivity contribution in [2.24, 2.45) is 7.05 Å². The number of hydrogen-bond donors (Lipinski definition) is 0. The summed E-state index contributed by atoms with van der Waals surface area (Å²) >= 11 is 6.13. The Morgan fingerprint density at radius 3 is 2.37 bits per heavy atom. The maximum absolute atomic E-state index is 12.9. The van der Waals surface area contributed by atoms with Crippen LogP contribution in [0.2, 0.25) is 5.02 Å². The van der Waals surface area contributed by atoms with Gasteiger partial charge in [0.25, 0.3) is 0 Å². The highest BCUT2D eigenvalue weighted by atomic mass is 35.5. The lowest BCUT2D eigenvalue weighted by atomic mass is 10.1. The van der Waals surface area contributed by atoms with Crippen LogP contribution in [-0.2, 0) is 21.8 Å². The number of sulfonamides is 1. The molecule has 0 unspecified atom stereocenters. The molecule has 162 valence electrons. The molecule has 0 bridgehead atoms. The average molecular weight is 453 g/mol. The zero-order chi connectivity index (χ0) is 22.1. The summed E-state index contributed by atoms with van der Waals surface area (Å²) in [5, 5.41) is 0.0450. The molecular weight excluding hydrogens is 428 g/mol. The van der Waals surface area contributed by atoms with E-state index in [1.807, 2.05) is 25.5 Å². The summed E-state index contributed by atoms with van der Waals surface area (Å²) in [6.45, 7) is 4.13. The van der Waals surface area contributed by atoms with Gasteiger partial charge in [-0.05, 0) is 51.0 Å². The van der Waals surface area contributed by atoms with Gasteiger partial charge in [0.1, 0.15) is 4.90 Å². The molecule has 9 heteroatoms. The monoisotopic (exact) mass is 452 g/mol. The van der Waals surface area contributed by atoms with E-state index in [9.17, 15) is 18.0 Å². The number of nitrogens with zero attached hydrogens (tertiary/aromatic N) is 2. The number of hydrogen-bond acceptors (Lipinski definition) is 5. The zero-order valence-electron chi connectivity index (χ0n) is 17.3. The van der Waals surface area contributed by atoms with Gasteiger partial charge in [-0.15, -0.1) is 0 Å². The minimum Gasteiger partial charge on any atom is -0.454 e. The summed E-state index contributed by atoms with van der Waals surface area (Å²) in [5.74, 6) is -1.10. The number of Topliss-reactive ketones (excluding diaryl/α,β-unsaturated/α-hetero) is 1. The van der Waals surface area contributed by atoms with Crippen molar-refractivity contribution >= 4 is 33.4 Å². The first kappa shape index (κ1) is 22.5. The van der Waals surface area contributed by atoms with Crippen molar-refractivity contribution in [2.75, 3.05) is 19.7 Å². The molecule has 30 heavy (non-hydrogen) atoms. The standard InChI is InChI=1S/C21H25ClN2O5S/c1-14-11-17(15(2)23(14)3)19(25)13-29-21(26)16-7-8-18(22)20(12-16)30(27,28)24-9-5-4-6-10-24/h7-8,11-12H,4-6,9-10,13H2,1-3H3. The van der Waals surface area contributed by atoms with Gasteiger partial charge in [0.2, 0.25) is 15.8 Å². The van der Waals surface area contributed by atoms with Gasteiger partial charge in [-0.2, -0.15) is 4.31 Å². The normalized spacial score (nSPS) is 15.2. The number of rotatable bonds is 6. The van der Waals surface area contributed by atoms with Crippen LogP contribution < -0.4 is 0 Å². The topological polar surface area (TPSA) is 85.7 Å². The molecule has 0 amide bonds. The molecule has 0 N–H and O–H groups in total. The fraction of sp³-hybridized carbons (Fsp3) is 0.429. The van der Waals surface area contributed by atoms with Crippen molar-refractivity contribution in [3.63, 3.8) is 0 Å². The Morgan fingerprint density at radius 2 is 1.77 bits per heavy atom. The molecule has 1 aromatic carbocycles. The summed E-state index contributed by atoms with van der Waals surface area (Å²) in [7, 11) is -1.95. The van der Waals surface area contributed by atoms with Crippen LogP contribution in [0.3, 0.4) is 0 Å². The molecule has 1 fully saturated rings. The fourth-order valence-corrected chi connectivity index (χ4v) is 5.52. The van der Waals surface area contributed by atoms with E-state index < -0.39 is 22.6 Å². The highest BCUT2D eigenvalue weighted by Crippen LogP contribution is 2.28. The van der Waals surface area contributed by atoms with E-state index in [4.69, 9.17) is 16.3 Å². The fourth-order valence-electron chi connectivity index (χ4n) is 3.50. The van der Waals surface area contributed by atoms with Crippen LogP contribution in [0.5, 0.6) is 0 Å². The first-order valence-corrected chi connectivity index (χ1v) is 11.6. The molecule has 3 rings (SSSR count). The van der Waals surface area contributed by atoms with E-state index in [1.54, 1.807) is 6.07 Å². The third-order valence-electron chi connectivity index (χ3n) is 5.51. The predicted octanol–water partition coefficient (Wildman–Crippen LogP) is 3.51. The highest BCUT2D eigenvalue weighted by Gasteiger charge is 2.29. The number of ketones is 1. The van der Waals surface area contributed by atoms with Gasteiger partial charge in [0.05, 0.1) is 10.6 Å². The van der Waals surface area contributed by atoms with Gasteiger partial charge < -0.3 is 9.30 Å². The number of benzene rings is 1. The van der Waals surface area contributed by atoms with Gasteiger partial charge in [-0.3, -0.25) is 4.79 Å². The summed E-state index contributed by atoms with van der Waals surface area (Å²) < 4.78 is 34.3. The molecule has 2 aromatic rings. The Bertz CT molecular complexity index is 1090. The van der Waals surface area contributed by atoms with Crippen molar-refractivity contribution in [2.45, 2.75) is 38.0 Å². The lowest BCUT2D eigenvalue weighted by molar-refractivity contribution is 0.0474. The molecule has 1 aromatic heterocycles. The van der Waals surface area contributed by atoms with Crippen molar-refractivity contribution in [3.8, 4) is 0 Å². The Balaban J connectivity index is 1.76. The number of aryl methyl sites for hydroxylation is 1. The van der Waals surface area contributed by atoms with E-state index in [2.05, 4.69) is 0 Å². The highest BCUT2D eigenvalue weighted by molar-refractivity contribution is 7.89. The molecule has 7 nitrogen and oxygen atoms in total. The van der Waals surface area contributed by atoms with E-state index in [0.29, 0.717) is 18.7 Å². The average Bonchev–Trinajstić information content (AvgIpc) is 3.00. The Kier molecular flexibility index (Phi) is 6.69. The third-order valence-corrected chi connectivity index (χ3v) is 7.89. The molecule has 0 aliphatic carbocycles. The van der Waals surface area contributed by atoms with E-state index >= 15 is 0 Å². The number of piperidine rings is 1. The van der Waals surface area contributed by atoms with Crippen molar-refractivity contribution in [1.82, 2.24) is 8.87 Å². The molecule has 2 heterocycles. The van der Waals surface area contributed by atoms with Gasteiger partial charge in [0.15, 0.2) is 6.61 Å². The van der Waals surface area contributed by atoms with Gasteiger partial charge in [-0.1, -0.05) is 18.0 Å². The number of ether oxygens (including phenoxy) is 1. The largest absolute Gasteiger partial charge is 0.454 e. The number of carbonyl (C=O) groups is 2. The molecular formula is C21H25ClN2O5S. The molecule has 1 saturated heterocycles. The summed E-state index contributed by atoms with van der Waals surface area (Å²) in [6, 6.07) is 5.72. The van der Waals surface area contributed by atoms with E-state index in [-0.39, 0.29) is 21.3 Å². The molecule has 0 atom stereocenters. The Labute approximate surface area is 181 Å². The van der Waals surface area contributed by atoms with Crippen molar-refractivity contribution in [1.29, 1.82) is 0 Å². The molecule has 0 radical (unpaired) electrons. The maximum Gasteiger partial charge on any atom is 0.338 e. The lowest BCUT2D eigenvalue weighted by Crippen LogP contribution is -2.35. The maximum atomic E-state index is 12.9. The number of aromatic nitrogens is 1. The molecule has 0 spiro atoms. The summed E-state index contributed by atoms with van der Waals surface area (Å²) in [5.41, 5.74) is 2.23. The summed E-state index contributed by atoms with van der Waals surface area (Å²) in [4.78, 5) is 24.8. The van der Waals surface area contributed by atoms with E-state index in [1.165, 1.54) is 22.5 Å². The Hall–Kier alpha value is -2.16. The second-order valence-corrected chi connectivity index (χ2v) is 9.77. The van der Waals surface area contributed by atoms with Gasteiger partial charge in [0, 0.05) is 37.1 Å². The molecule has 1 aliphatic rings. The van der Waals surface area contributed by atoms with Crippen LogP contribution in [0.15, 0.2) is 29.2 Å². The second kappa shape index (κ2) is 8.91. The van der Waals surface area contributed by atoms with Crippen LogP contribution in [-0.4, -0.2) is 48.7 Å². The SMILES string of the molecule is Cc1cc(C(=O)COC(=O)c2ccc(Cl)c(S(=O)(=O)N3CCCCC3)c2)c(C)n1C. The van der Waals surface area contributed by atoms with Crippen molar-refractivity contribution < 1.29 is 22.7 Å². The van der Waals surface area contributed by atoms with Crippen LogP contribution in [0.1, 0.15) is 51.4 Å². The zero-order valence-corrected chi connectivity index (χ0v) is 18.8. The minimum atomic E-state index is -3.81. The number of esters is 1. The van der Waals surface area contributed by atoms with Crippen LogP contribution >= 0.6 is 11.6 Å². The van der Waals surface area contributed by atoms with Crippen LogP contribution in [0.4, 0.5) is 0 Å². The van der Waals surface area contributed by atoms with Gasteiger partial charge >= 0.3 is 5.97 Å². The first-order chi connectivity index (χ1) is 14.1. The minimum absolute atomic E-state index is 0.0312. The van der Waals surface area contributed by atoms with E-state index in [0.717, 1.165) is 30.7 Å². The summed E-state index contributed by atoms with van der Waals surface area (Å²) in [6.07, 6.45) is 2.57. The molecule has 0 saturated carbocycles. The first-order valence-electron chi connectivity index (χ1n) is 9.76. The number of carbonyl (C=O) groups excluding carboxylic acids is 2. The van der Waals surface area contributed by atoms with Crippen LogP contribution in [0, 0.1) is 13.8 Å². The van der Waals surface area contributed by atoms with Crippen LogP contribution in [0.25, 0.3) is 0 Å².